The van der Waals surface area contributed by atoms with Crippen molar-refractivity contribution in [2.45, 2.75) is 53.9 Å². The van der Waals surface area contributed by atoms with E-state index in [-0.39, 0.29) is 23.6 Å². The number of allylic oxidation sites excluding steroid dienone is 4. The summed E-state index contributed by atoms with van der Waals surface area (Å²) in [5, 5.41) is 11.4. The summed E-state index contributed by atoms with van der Waals surface area (Å²) in [7, 11) is 2.80. The Balaban J connectivity index is 2.35. The van der Waals surface area contributed by atoms with E-state index in [1.165, 1.54) is 20.4 Å². The van der Waals surface area contributed by atoms with Crippen molar-refractivity contribution in [2.24, 2.45) is 22.2 Å². The van der Waals surface area contributed by atoms with Gasteiger partial charge in [0.05, 0.1) is 19.2 Å². The molecule has 1 fully saturated rings. The molecule has 2 rings (SSSR count). The van der Waals surface area contributed by atoms with Crippen molar-refractivity contribution in [3.8, 4) is 11.5 Å². The second-order valence-electron chi connectivity index (χ2n) is 9.24. The lowest BCUT2D eigenvalue weighted by Gasteiger charge is -2.42. The van der Waals surface area contributed by atoms with Crippen molar-refractivity contribution in [1.82, 2.24) is 0 Å². The Hall–Kier alpha value is -2.60. The van der Waals surface area contributed by atoms with Gasteiger partial charge in [-0.2, -0.15) is 0 Å². The first kappa shape index (κ1) is 27.6. The maximum Gasteiger partial charge on any atom is 0.327 e. The molecule has 0 aromatic heterocycles. The molecule has 0 heterocycles. The highest BCUT2D eigenvalue weighted by atomic mass is 35.5. The van der Waals surface area contributed by atoms with Gasteiger partial charge in [-0.1, -0.05) is 56.2 Å². The van der Waals surface area contributed by atoms with Crippen LogP contribution in [-0.4, -0.2) is 43.8 Å². The lowest BCUT2D eigenvalue weighted by molar-refractivity contribution is -0.138. The summed E-state index contributed by atoms with van der Waals surface area (Å²) < 4.78 is 10.1. The first-order chi connectivity index (χ1) is 16.0. The average molecular weight is 490 g/mol. The fraction of sp³-hybridized carbons (Fsp3) is 0.519. The molecule has 1 aromatic rings. The predicted octanol–water partition coefficient (Wildman–Crippen LogP) is 5.64. The van der Waals surface area contributed by atoms with Crippen molar-refractivity contribution in [3.05, 3.63) is 45.5 Å². The summed E-state index contributed by atoms with van der Waals surface area (Å²) in [6.07, 6.45) is 9.54. The Morgan fingerprint density at radius 3 is 2.62 bits per heavy atom. The Kier molecular flexibility index (Phi) is 9.51. The second kappa shape index (κ2) is 11.7. The number of methoxy groups -OCH3 is 2. The van der Waals surface area contributed by atoms with E-state index in [1.54, 1.807) is 6.92 Å². The number of nitrogens with zero attached hydrogens (tertiary/aromatic N) is 1. The number of carbonyl (C=O) groups is 2. The van der Waals surface area contributed by atoms with E-state index in [4.69, 9.17) is 16.3 Å². The van der Waals surface area contributed by atoms with Gasteiger partial charge in [0.1, 0.15) is 23.8 Å². The molecule has 0 aliphatic heterocycles. The minimum absolute atomic E-state index is 0.00692. The van der Waals surface area contributed by atoms with Gasteiger partial charge in [-0.25, -0.2) is 0 Å². The first-order valence-electron chi connectivity index (χ1n) is 11.5. The van der Waals surface area contributed by atoms with E-state index in [2.05, 4.69) is 29.7 Å². The zero-order chi connectivity index (χ0) is 25.6. The van der Waals surface area contributed by atoms with Crippen LogP contribution in [0, 0.1) is 24.2 Å². The van der Waals surface area contributed by atoms with Gasteiger partial charge < -0.3 is 14.6 Å². The zero-order valence-electron chi connectivity index (χ0n) is 21.2. The van der Waals surface area contributed by atoms with Crippen molar-refractivity contribution >= 4 is 29.6 Å². The van der Waals surface area contributed by atoms with Gasteiger partial charge in [-0.15, -0.1) is 0 Å². The van der Waals surface area contributed by atoms with Crippen LogP contribution in [0.2, 0.25) is 5.02 Å². The van der Waals surface area contributed by atoms with Gasteiger partial charge in [-0.3, -0.25) is 14.6 Å². The molecular formula is C27H36ClNO5. The molecule has 0 radical (unpaired) electrons. The SMILES string of the molecule is COC(=O)C/N=C\c1c(C)c(Cl)c(OC)c(C/C=C(C)/C=C/[C@@]2(C)[C@H](C)CCC(=O)[C@@H]2C)c1O. The molecule has 1 aromatic carbocycles. The van der Waals surface area contributed by atoms with E-state index in [1.807, 2.05) is 26.0 Å². The summed E-state index contributed by atoms with van der Waals surface area (Å²) >= 11 is 6.53. The highest BCUT2D eigenvalue weighted by molar-refractivity contribution is 6.33. The molecule has 34 heavy (non-hydrogen) atoms. The zero-order valence-corrected chi connectivity index (χ0v) is 22.0. The van der Waals surface area contributed by atoms with E-state index in [0.29, 0.717) is 52.0 Å². The Morgan fingerprint density at radius 2 is 2.00 bits per heavy atom. The first-order valence-corrected chi connectivity index (χ1v) is 11.9. The summed E-state index contributed by atoms with van der Waals surface area (Å²) in [5.41, 5.74) is 2.37. The smallest absolute Gasteiger partial charge is 0.327 e. The van der Waals surface area contributed by atoms with Gasteiger partial charge in [-0.05, 0) is 43.6 Å². The number of halogens is 1. The summed E-state index contributed by atoms with van der Waals surface area (Å²) in [6, 6.07) is 0. The number of rotatable bonds is 8. The van der Waals surface area contributed by atoms with Crippen LogP contribution in [0.5, 0.6) is 11.5 Å². The topological polar surface area (TPSA) is 85.2 Å². The Morgan fingerprint density at radius 1 is 1.32 bits per heavy atom. The third kappa shape index (κ3) is 5.90. The number of carbonyl (C=O) groups excluding carboxylic acids is 2. The third-order valence-corrected chi connectivity index (χ3v) is 7.71. The number of phenols is 1. The molecule has 1 aliphatic carbocycles. The molecule has 0 spiro atoms. The molecule has 1 N–H and O–H groups in total. The minimum atomic E-state index is -0.476. The predicted molar refractivity (Wildman–Crippen MR) is 136 cm³/mol. The number of ketones is 1. The molecule has 186 valence electrons. The molecule has 1 saturated carbocycles. The van der Waals surface area contributed by atoms with Crippen LogP contribution >= 0.6 is 11.6 Å². The number of hydrogen-bond acceptors (Lipinski definition) is 6. The second-order valence-corrected chi connectivity index (χ2v) is 9.62. The Labute approximate surface area is 207 Å². The number of ether oxygens (including phenoxy) is 2. The van der Waals surface area contributed by atoms with Crippen molar-refractivity contribution in [3.63, 3.8) is 0 Å². The van der Waals surface area contributed by atoms with Crippen molar-refractivity contribution in [2.75, 3.05) is 20.8 Å². The monoisotopic (exact) mass is 489 g/mol. The lowest BCUT2D eigenvalue weighted by Crippen LogP contribution is -2.40. The molecule has 0 unspecified atom stereocenters. The quantitative estimate of drug-likeness (QED) is 0.290. The van der Waals surface area contributed by atoms with Gasteiger partial charge in [0.15, 0.2) is 0 Å². The molecule has 0 saturated heterocycles. The Bertz CT molecular complexity index is 1030. The summed E-state index contributed by atoms with van der Waals surface area (Å²) in [6.45, 7) is 9.95. The van der Waals surface area contributed by atoms with Crippen LogP contribution in [0.3, 0.4) is 0 Å². The molecule has 6 nitrogen and oxygen atoms in total. The molecular weight excluding hydrogens is 454 g/mol. The number of hydrogen-bond donors (Lipinski definition) is 1. The van der Waals surface area contributed by atoms with Crippen molar-refractivity contribution < 1.29 is 24.2 Å². The standard InChI is InChI=1S/C27H36ClNO5/c1-16(12-13-27(5)17(2)9-11-22(30)19(27)4)8-10-20-25(32)21(14-29-15-23(31)33-6)18(3)24(28)26(20)34-7/h8,12-14,17,19,32H,9-11,15H2,1-7H3/b13-12+,16-8+,29-14-/t17-,19+,27+/m1/s1. The van der Waals surface area contributed by atoms with E-state index >= 15 is 0 Å². The van der Waals surface area contributed by atoms with E-state index < -0.39 is 5.97 Å². The molecule has 0 bridgehead atoms. The average Bonchev–Trinajstić information content (AvgIpc) is 2.82. The highest BCUT2D eigenvalue weighted by Gasteiger charge is 2.41. The normalized spacial score (nSPS) is 23.6. The number of Topliss-reactive ketones (excluding diaryl/α,β-unsaturated/α-hetero) is 1. The number of aromatic hydroxyl groups is 1. The van der Waals surface area contributed by atoms with Crippen molar-refractivity contribution in [1.29, 1.82) is 0 Å². The van der Waals surface area contributed by atoms with Crippen LogP contribution in [-0.2, 0) is 20.7 Å². The fourth-order valence-corrected chi connectivity index (χ4v) is 4.61. The maximum absolute atomic E-state index is 12.3. The third-order valence-electron chi connectivity index (χ3n) is 7.26. The molecule has 7 heteroatoms. The van der Waals surface area contributed by atoms with Crippen LogP contribution in [0.1, 0.15) is 57.2 Å². The van der Waals surface area contributed by atoms with Gasteiger partial charge >= 0.3 is 5.97 Å². The molecule has 3 atom stereocenters. The lowest BCUT2D eigenvalue weighted by atomic mass is 9.61. The van der Waals surface area contributed by atoms with E-state index in [0.717, 1.165) is 12.0 Å². The number of esters is 1. The largest absolute Gasteiger partial charge is 0.507 e. The van der Waals surface area contributed by atoms with E-state index in [9.17, 15) is 14.7 Å². The fourth-order valence-electron chi connectivity index (χ4n) is 4.32. The number of aliphatic imine (C=N–C) groups is 1. The van der Waals surface area contributed by atoms with Crippen LogP contribution in [0.25, 0.3) is 0 Å². The van der Waals surface area contributed by atoms with Gasteiger partial charge in [0.2, 0.25) is 0 Å². The maximum atomic E-state index is 12.3. The number of phenolic OH excluding ortho intramolecular Hbond substituents is 1. The van der Waals surface area contributed by atoms with Crippen LogP contribution < -0.4 is 4.74 Å². The van der Waals surface area contributed by atoms with Gasteiger partial charge in [0, 0.05) is 29.7 Å². The summed E-state index contributed by atoms with van der Waals surface area (Å²) in [5.74, 6) is 0.644. The van der Waals surface area contributed by atoms with Crippen LogP contribution in [0.4, 0.5) is 0 Å². The van der Waals surface area contributed by atoms with Crippen LogP contribution in [0.15, 0.2) is 28.8 Å². The molecule has 0 amide bonds. The minimum Gasteiger partial charge on any atom is -0.507 e. The highest BCUT2D eigenvalue weighted by Crippen LogP contribution is 2.45. The molecule has 1 aliphatic rings. The van der Waals surface area contributed by atoms with Gasteiger partial charge in [0.25, 0.3) is 0 Å². The number of benzene rings is 1. The summed E-state index contributed by atoms with van der Waals surface area (Å²) in [4.78, 5) is 27.7.